The number of aliphatic imine (C=N–C) groups is 1. The quantitative estimate of drug-likeness (QED) is 0.388. The SMILES string of the molecule is Cc1ccc(C2=CSC3=NC4=C(CN(C)C/C4=C\c4ccc(F)cc4)[C@H](c4ccc(F)cc4)N23)cc1. The molecule has 3 nitrogen and oxygen atoms in total. The molecule has 0 N–H and O–H groups in total. The second-order valence-corrected chi connectivity index (χ2v) is 10.3. The van der Waals surface area contributed by atoms with Crippen LogP contribution in [-0.2, 0) is 0 Å². The number of amidine groups is 1. The van der Waals surface area contributed by atoms with Gasteiger partial charge in [-0.1, -0.05) is 65.9 Å². The van der Waals surface area contributed by atoms with Gasteiger partial charge in [-0.15, -0.1) is 0 Å². The summed E-state index contributed by atoms with van der Waals surface area (Å²) in [5, 5.41) is 3.07. The van der Waals surface area contributed by atoms with E-state index in [0.717, 1.165) is 51.9 Å². The van der Waals surface area contributed by atoms with Gasteiger partial charge in [-0.05, 0) is 72.1 Å². The maximum Gasteiger partial charge on any atom is 0.174 e. The van der Waals surface area contributed by atoms with Crippen molar-refractivity contribution >= 4 is 28.7 Å². The molecule has 0 spiro atoms. The molecular weight excluding hydrogens is 472 g/mol. The fraction of sp³-hybridized carbons (Fsp3) is 0.167. The number of fused-ring (bicyclic) bond motifs is 1. The van der Waals surface area contributed by atoms with E-state index >= 15 is 0 Å². The number of hydrogen-bond donors (Lipinski definition) is 0. The van der Waals surface area contributed by atoms with E-state index in [1.54, 1.807) is 23.9 Å². The lowest BCUT2D eigenvalue weighted by Gasteiger charge is -2.42. The molecule has 3 aliphatic heterocycles. The predicted molar refractivity (Wildman–Crippen MR) is 144 cm³/mol. The lowest BCUT2D eigenvalue weighted by Crippen LogP contribution is -2.40. The maximum absolute atomic E-state index is 13.9. The third-order valence-electron chi connectivity index (χ3n) is 6.77. The molecule has 0 radical (unpaired) electrons. The van der Waals surface area contributed by atoms with Gasteiger partial charge in [0, 0.05) is 18.5 Å². The summed E-state index contributed by atoms with van der Waals surface area (Å²) in [5.74, 6) is -0.500. The first kappa shape index (κ1) is 23.0. The lowest BCUT2D eigenvalue weighted by atomic mass is 9.88. The van der Waals surface area contributed by atoms with E-state index in [2.05, 4.69) is 59.5 Å². The van der Waals surface area contributed by atoms with Crippen molar-refractivity contribution in [3.05, 3.63) is 129 Å². The molecule has 6 heteroatoms. The zero-order valence-electron chi connectivity index (χ0n) is 20.1. The van der Waals surface area contributed by atoms with Gasteiger partial charge in [-0.3, -0.25) is 4.90 Å². The normalized spacial score (nSPS) is 20.8. The van der Waals surface area contributed by atoms with Crippen LogP contribution in [0.4, 0.5) is 8.78 Å². The largest absolute Gasteiger partial charge is 0.308 e. The van der Waals surface area contributed by atoms with Gasteiger partial charge >= 0.3 is 0 Å². The van der Waals surface area contributed by atoms with Crippen LogP contribution >= 0.6 is 11.8 Å². The molecule has 36 heavy (non-hydrogen) atoms. The van der Waals surface area contributed by atoms with Gasteiger partial charge in [-0.25, -0.2) is 13.8 Å². The molecule has 0 saturated heterocycles. The number of benzene rings is 3. The Morgan fingerprint density at radius 3 is 2.25 bits per heavy atom. The Kier molecular flexibility index (Phi) is 5.86. The lowest BCUT2D eigenvalue weighted by molar-refractivity contribution is 0.344. The van der Waals surface area contributed by atoms with Gasteiger partial charge in [0.05, 0.1) is 17.4 Å². The molecule has 0 saturated carbocycles. The summed E-state index contributed by atoms with van der Waals surface area (Å²) >= 11 is 1.62. The Morgan fingerprint density at radius 2 is 1.56 bits per heavy atom. The van der Waals surface area contributed by atoms with Crippen LogP contribution in [-0.4, -0.2) is 35.1 Å². The van der Waals surface area contributed by atoms with E-state index in [1.165, 1.54) is 35.4 Å². The van der Waals surface area contributed by atoms with Gasteiger partial charge < -0.3 is 4.90 Å². The fourth-order valence-corrected chi connectivity index (χ4v) is 5.99. The smallest absolute Gasteiger partial charge is 0.174 e. The first-order valence-electron chi connectivity index (χ1n) is 11.9. The highest BCUT2D eigenvalue weighted by Crippen LogP contribution is 2.49. The molecule has 0 aromatic heterocycles. The average Bonchev–Trinajstić information content (AvgIpc) is 3.29. The first-order chi connectivity index (χ1) is 17.5. The minimum atomic E-state index is -0.250. The average molecular weight is 498 g/mol. The molecule has 3 aliphatic rings. The molecule has 0 unspecified atom stereocenters. The van der Waals surface area contributed by atoms with Crippen molar-refractivity contribution in [3.8, 4) is 0 Å². The molecule has 180 valence electrons. The van der Waals surface area contributed by atoms with Crippen molar-refractivity contribution in [1.29, 1.82) is 0 Å². The molecule has 3 heterocycles. The third-order valence-corrected chi connectivity index (χ3v) is 7.61. The van der Waals surface area contributed by atoms with Crippen LogP contribution in [0.2, 0.25) is 0 Å². The summed E-state index contributed by atoms with van der Waals surface area (Å²) in [4.78, 5) is 9.73. The summed E-state index contributed by atoms with van der Waals surface area (Å²) in [6.45, 7) is 3.57. The summed E-state index contributed by atoms with van der Waals surface area (Å²) in [5.41, 5.74) is 8.63. The van der Waals surface area contributed by atoms with Crippen molar-refractivity contribution in [2.24, 2.45) is 4.99 Å². The predicted octanol–water partition coefficient (Wildman–Crippen LogP) is 7.01. The minimum Gasteiger partial charge on any atom is -0.308 e. The maximum atomic E-state index is 13.9. The molecule has 6 rings (SSSR count). The Morgan fingerprint density at radius 1 is 0.889 bits per heavy atom. The summed E-state index contributed by atoms with van der Waals surface area (Å²) in [7, 11) is 2.10. The molecular formula is C30H25F2N3S. The van der Waals surface area contributed by atoms with Crippen LogP contribution in [0.15, 0.2) is 100 Å². The van der Waals surface area contributed by atoms with E-state index in [0.29, 0.717) is 0 Å². The van der Waals surface area contributed by atoms with Crippen LogP contribution in [0, 0.1) is 18.6 Å². The summed E-state index contributed by atoms with van der Waals surface area (Å²) in [6, 6.07) is 21.8. The van der Waals surface area contributed by atoms with E-state index in [4.69, 9.17) is 4.99 Å². The molecule has 0 fully saturated rings. The van der Waals surface area contributed by atoms with Crippen molar-refractivity contribution in [1.82, 2.24) is 9.80 Å². The fourth-order valence-electron chi connectivity index (χ4n) is 5.06. The minimum absolute atomic E-state index is 0.116. The number of likely N-dealkylation sites (N-methyl/N-ethyl adjacent to an activating group) is 1. The number of nitrogens with zero attached hydrogens (tertiary/aromatic N) is 3. The van der Waals surface area contributed by atoms with Gasteiger partial charge in [0.2, 0.25) is 0 Å². The van der Waals surface area contributed by atoms with E-state index < -0.39 is 0 Å². The number of thioether (sulfide) groups is 1. The van der Waals surface area contributed by atoms with Gasteiger partial charge in [0.1, 0.15) is 11.6 Å². The summed E-state index contributed by atoms with van der Waals surface area (Å²) in [6.07, 6.45) is 2.10. The standard InChI is InChI=1S/C30H25F2N3S/c1-19-3-7-21(8-4-19)27-18-36-30-33-28-23(15-20-5-11-24(31)12-6-20)16-34(2)17-26(28)29(35(27)30)22-9-13-25(32)14-10-22/h3-15,18,29H,16-17H2,1-2H3/b23-15+/t29-/m0/s1. The highest BCUT2D eigenvalue weighted by atomic mass is 32.2. The van der Waals surface area contributed by atoms with Crippen LogP contribution in [0.3, 0.4) is 0 Å². The van der Waals surface area contributed by atoms with Gasteiger partial charge in [0.25, 0.3) is 0 Å². The van der Waals surface area contributed by atoms with E-state index in [1.807, 2.05) is 12.1 Å². The number of aryl methyl sites for hydroxylation is 1. The van der Waals surface area contributed by atoms with Crippen LogP contribution in [0.25, 0.3) is 11.8 Å². The highest BCUT2D eigenvalue weighted by Gasteiger charge is 2.41. The topological polar surface area (TPSA) is 18.8 Å². The van der Waals surface area contributed by atoms with Crippen LogP contribution in [0.5, 0.6) is 0 Å². The molecule has 0 amide bonds. The van der Waals surface area contributed by atoms with Crippen molar-refractivity contribution in [3.63, 3.8) is 0 Å². The third kappa shape index (κ3) is 4.21. The number of hydrogen-bond acceptors (Lipinski definition) is 4. The Bertz CT molecular complexity index is 1440. The number of halogens is 2. The zero-order valence-corrected chi connectivity index (χ0v) is 20.9. The summed E-state index contributed by atoms with van der Waals surface area (Å²) < 4.78 is 27.4. The van der Waals surface area contributed by atoms with Crippen LogP contribution in [0.1, 0.15) is 28.3 Å². The van der Waals surface area contributed by atoms with E-state index in [-0.39, 0.29) is 17.7 Å². The second-order valence-electron chi connectivity index (χ2n) is 9.47. The van der Waals surface area contributed by atoms with Gasteiger partial charge in [-0.2, -0.15) is 0 Å². The highest BCUT2D eigenvalue weighted by molar-refractivity contribution is 8.16. The molecule has 0 aliphatic carbocycles. The Labute approximate surface area is 214 Å². The van der Waals surface area contributed by atoms with Crippen molar-refractivity contribution < 1.29 is 8.78 Å². The Hall–Kier alpha value is -3.48. The second kappa shape index (κ2) is 9.19. The van der Waals surface area contributed by atoms with Crippen molar-refractivity contribution in [2.45, 2.75) is 13.0 Å². The monoisotopic (exact) mass is 497 g/mol. The molecule has 3 aromatic rings. The molecule has 1 atom stereocenters. The van der Waals surface area contributed by atoms with Crippen molar-refractivity contribution in [2.75, 3.05) is 20.1 Å². The molecule has 3 aromatic carbocycles. The first-order valence-corrected chi connectivity index (χ1v) is 12.8. The van der Waals surface area contributed by atoms with E-state index in [9.17, 15) is 8.78 Å². The zero-order chi connectivity index (χ0) is 24.8. The molecule has 0 bridgehead atoms. The van der Waals surface area contributed by atoms with Crippen LogP contribution < -0.4 is 0 Å². The van der Waals surface area contributed by atoms with Gasteiger partial charge in [0.15, 0.2) is 5.17 Å². The Balaban J connectivity index is 1.50. The number of rotatable bonds is 3.